The minimum atomic E-state index is -0.114. The molecule has 0 aliphatic heterocycles. The summed E-state index contributed by atoms with van der Waals surface area (Å²) in [7, 11) is 4.64. The van der Waals surface area contributed by atoms with Crippen LogP contribution in [0.5, 0.6) is 17.2 Å². The van der Waals surface area contributed by atoms with Gasteiger partial charge in [0.05, 0.1) is 21.3 Å². The normalized spacial score (nSPS) is 11.2. The fraction of sp³-hybridized carbons (Fsp3) is 0.583. The van der Waals surface area contributed by atoms with Gasteiger partial charge in [-0.25, -0.2) is 0 Å². The fourth-order valence-corrected chi connectivity index (χ4v) is 5.16. The van der Waals surface area contributed by atoms with Gasteiger partial charge in [0, 0.05) is 5.56 Å². The maximum Gasteiger partial charge on any atom is 0.203 e. The number of carbonyl (C=O) groups is 1. The van der Waals surface area contributed by atoms with E-state index < -0.39 is 0 Å². The van der Waals surface area contributed by atoms with Crippen LogP contribution in [-0.2, 0) is 6.42 Å². The first-order valence-electron chi connectivity index (χ1n) is 15.7. The van der Waals surface area contributed by atoms with Crippen molar-refractivity contribution in [3.63, 3.8) is 0 Å². The van der Waals surface area contributed by atoms with Gasteiger partial charge in [-0.2, -0.15) is 0 Å². The molecule has 0 N–H and O–H groups in total. The number of aryl methyl sites for hydroxylation is 1. The average Bonchev–Trinajstić information content (AvgIpc) is 2.99. The first-order chi connectivity index (χ1) is 19.6. The van der Waals surface area contributed by atoms with Crippen molar-refractivity contribution < 1.29 is 19.0 Å². The highest BCUT2D eigenvalue weighted by molar-refractivity contribution is 6.07. The molecule has 0 atom stereocenters. The lowest BCUT2D eigenvalue weighted by atomic mass is 10.0. The minimum absolute atomic E-state index is 0.114. The Morgan fingerprint density at radius 3 is 1.50 bits per heavy atom. The van der Waals surface area contributed by atoms with E-state index in [0.29, 0.717) is 22.8 Å². The summed E-state index contributed by atoms with van der Waals surface area (Å²) in [5.74, 6) is 1.30. The van der Waals surface area contributed by atoms with Crippen LogP contribution < -0.4 is 14.2 Å². The van der Waals surface area contributed by atoms with E-state index in [4.69, 9.17) is 14.2 Å². The Morgan fingerprint density at radius 1 is 0.625 bits per heavy atom. The summed E-state index contributed by atoms with van der Waals surface area (Å²) in [5, 5.41) is 0. The lowest BCUT2D eigenvalue weighted by Gasteiger charge is -2.13. The molecular formula is C36H54O4. The highest BCUT2D eigenvalue weighted by atomic mass is 16.5. The van der Waals surface area contributed by atoms with Gasteiger partial charge in [-0.3, -0.25) is 4.79 Å². The smallest absolute Gasteiger partial charge is 0.203 e. The van der Waals surface area contributed by atoms with Gasteiger partial charge in [0.2, 0.25) is 5.75 Å². The number of unbranched alkanes of at least 4 members (excludes halogenated alkanes) is 15. The van der Waals surface area contributed by atoms with E-state index in [1.807, 2.05) is 6.08 Å². The molecule has 0 heterocycles. The number of hydrogen-bond donors (Lipinski definition) is 0. The van der Waals surface area contributed by atoms with Crippen LogP contribution in [0.15, 0.2) is 42.5 Å². The number of benzene rings is 2. The Morgan fingerprint density at radius 2 is 1.07 bits per heavy atom. The zero-order valence-corrected chi connectivity index (χ0v) is 25.8. The monoisotopic (exact) mass is 550 g/mol. The van der Waals surface area contributed by atoms with E-state index >= 15 is 0 Å². The Labute approximate surface area is 244 Å². The molecule has 4 heteroatoms. The molecule has 0 fully saturated rings. The van der Waals surface area contributed by atoms with Crippen molar-refractivity contribution in [2.45, 2.75) is 116 Å². The molecule has 0 aliphatic carbocycles. The van der Waals surface area contributed by atoms with Crippen molar-refractivity contribution in [1.29, 1.82) is 0 Å². The molecule has 0 amide bonds. The second-order valence-electron chi connectivity index (χ2n) is 10.9. The highest BCUT2D eigenvalue weighted by Crippen LogP contribution is 2.38. The number of carbonyl (C=O) groups excluding carboxylic acids is 1. The predicted molar refractivity (Wildman–Crippen MR) is 169 cm³/mol. The summed E-state index contributed by atoms with van der Waals surface area (Å²) in [5.41, 5.74) is 2.86. The van der Waals surface area contributed by atoms with Crippen LogP contribution in [0.1, 0.15) is 131 Å². The van der Waals surface area contributed by atoms with Crippen LogP contribution in [0.4, 0.5) is 0 Å². The molecule has 0 unspecified atom stereocenters. The maximum absolute atomic E-state index is 12.8. The third-order valence-electron chi connectivity index (χ3n) is 7.68. The summed E-state index contributed by atoms with van der Waals surface area (Å²) in [6.45, 7) is 2.29. The largest absolute Gasteiger partial charge is 0.493 e. The fourth-order valence-electron chi connectivity index (χ4n) is 5.16. The molecule has 4 nitrogen and oxygen atoms in total. The van der Waals surface area contributed by atoms with Gasteiger partial charge in [-0.1, -0.05) is 134 Å². The van der Waals surface area contributed by atoms with E-state index in [2.05, 4.69) is 31.2 Å². The molecule has 0 aromatic heterocycles. The second kappa shape index (κ2) is 21.1. The van der Waals surface area contributed by atoms with Crippen LogP contribution in [-0.4, -0.2) is 27.1 Å². The lowest BCUT2D eigenvalue weighted by molar-refractivity contribution is 0.104. The zero-order valence-electron chi connectivity index (χ0n) is 25.8. The summed E-state index contributed by atoms with van der Waals surface area (Å²) in [4.78, 5) is 12.8. The third-order valence-corrected chi connectivity index (χ3v) is 7.68. The van der Waals surface area contributed by atoms with E-state index in [1.165, 1.54) is 108 Å². The molecule has 222 valence electrons. The Hall–Kier alpha value is -2.75. The van der Waals surface area contributed by atoms with Crippen LogP contribution in [0.25, 0.3) is 6.08 Å². The van der Waals surface area contributed by atoms with Gasteiger partial charge < -0.3 is 14.2 Å². The molecule has 2 rings (SSSR count). The molecule has 0 spiro atoms. The summed E-state index contributed by atoms with van der Waals surface area (Å²) >= 11 is 0. The number of rotatable bonds is 23. The van der Waals surface area contributed by atoms with Crippen molar-refractivity contribution in [3.8, 4) is 17.2 Å². The van der Waals surface area contributed by atoms with Crippen molar-refractivity contribution in [2.75, 3.05) is 21.3 Å². The van der Waals surface area contributed by atoms with Crippen LogP contribution >= 0.6 is 0 Å². The number of ketones is 1. The van der Waals surface area contributed by atoms with Crippen LogP contribution in [0, 0.1) is 0 Å². The van der Waals surface area contributed by atoms with Crippen molar-refractivity contribution in [3.05, 3.63) is 59.2 Å². The van der Waals surface area contributed by atoms with Crippen LogP contribution in [0.3, 0.4) is 0 Å². The molecule has 0 bridgehead atoms. The van der Waals surface area contributed by atoms with E-state index in [9.17, 15) is 4.79 Å². The number of hydrogen-bond acceptors (Lipinski definition) is 4. The second-order valence-corrected chi connectivity index (χ2v) is 10.9. The number of methoxy groups -OCH3 is 3. The quantitative estimate of drug-likeness (QED) is 0.0784. The minimum Gasteiger partial charge on any atom is -0.493 e. The third kappa shape index (κ3) is 13.1. The van der Waals surface area contributed by atoms with E-state index in [1.54, 1.807) is 39.5 Å². The Balaban J connectivity index is 1.58. The van der Waals surface area contributed by atoms with Gasteiger partial charge in [-0.15, -0.1) is 0 Å². The Kier molecular flexibility index (Phi) is 17.6. The summed E-state index contributed by atoms with van der Waals surface area (Å²) in [6, 6.07) is 11.9. The van der Waals surface area contributed by atoms with E-state index in [0.717, 1.165) is 12.0 Å². The van der Waals surface area contributed by atoms with Gasteiger partial charge in [0.25, 0.3) is 0 Å². The van der Waals surface area contributed by atoms with Crippen LogP contribution in [0.2, 0.25) is 0 Å². The van der Waals surface area contributed by atoms with Gasteiger partial charge >= 0.3 is 0 Å². The van der Waals surface area contributed by atoms with Gasteiger partial charge in [-0.05, 0) is 42.2 Å². The number of ether oxygens (including phenoxy) is 3. The van der Waals surface area contributed by atoms with E-state index in [-0.39, 0.29) is 5.78 Å². The van der Waals surface area contributed by atoms with Gasteiger partial charge in [0.1, 0.15) is 0 Å². The molecule has 2 aromatic carbocycles. The zero-order chi connectivity index (χ0) is 28.8. The average molecular weight is 551 g/mol. The molecule has 2 aromatic rings. The first kappa shape index (κ1) is 33.5. The van der Waals surface area contributed by atoms with Crippen molar-refractivity contribution in [2.24, 2.45) is 0 Å². The summed E-state index contributed by atoms with van der Waals surface area (Å²) < 4.78 is 16.1. The molecule has 0 saturated heterocycles. The SMILES string of the molecule is CCCCCCCCCCCCCCCCCCc1ccc(C=CC(=O)c2cc(OC)c(OC)c(OC)c2)cc1. The first-order valence-corrected chi connectivity index (χ1v) is 15.7. The summed E-state index contributed by atoms with van der Waals surface area (Å²) in [6.07, 6.45) is 26.9. The lowest BCUT2D eigenvalue weighted by Crippen LogP contribution is -2.00. The Bertz CT molecular complexity index is 952. The molecular weight excluding hydrogens is 496 g/mol. The predicted octanol–water partition coefficient (Wildman–Crippen LogP) is 10.4. The molecule has 40 heavy (non-hydrogen) atoms. The molecule has 0 aliphatic rings. The molecule has 0 saturated carbocycles. The van der Waals surface area contributed by atoms with Gasteiger partial charge in [0.15, 0.2) is 17.3 Å². The van der Waals surface area contributed by atoms with Crippen molar-refractivity contribution >= 4 is 11.9 Å². The van der Waals surface area contributed by atoms with Crippen molar-refractivity contribution in [1.82, 2.24) is 0 Å². The number of allylic oxidation sites excluding steroid dienone is 1. The standard InChI is InChI=1S/C36H54O4/c1-5-6-7-8-9-10-11-12-13-14-15-16-17-18-19-20-21-30-22-24-31(25-23-30)26-27-33(37)32-28-34(38-2)36(40-4)35(29-32)39-3/h22-29H,5-21H2,1-4H3. The highest BCUT2D eigenvalue weighted by Gasteiger charge is 2.15. The molecule has 0 radical (unpaired) electrons. The maximum atomic E-state index is 12.8. The topological polar surface area (TPSA) is 44.8 Å².